The van der Waals surface area contributed by atoms with Crippen molar-refractivity contribution in [1.82, 2.24) is 9.47 Å². The van der Waals surface area contributed by atoms with Gasteiger partial charge in [-0.2, -0.15) is 0 Å². The molecule has 5 heteroatoms. The van der Waals surface area contributed by atoms with E-state index < -0.39 is 12.2 Å². The Balaban J connectivity index is 1.28. The number of ether oxygens (including phenoxy) is 1. The highest BCUT2D eigenvalue weighted by Gasteiger charge is 2.43. The maximum Gasteiger partial charge on any atom is 0.126 e. The van der Waals surface area contributed by atoms with Crippen LogP contribution in [0.5, 0.6) is 5.75 Å². The number of fused-ring (bicyclic) bond motifs is 2. The zero-order chi connectivity index (χ0) is 21.8. The van der Waals surface area contributed by atoms with Crippen molar-refractivity contribution >= 4 is 10.9 Å². The molecule has 2 unspecified atom stereocenters. The van der Waals surface area contributed by atoms with Crippen molar-refractivity contribution in [2.24, 2.45) is 7.05 Å². The third kappa shape index (κ3) is 3.65. The van der Waals surface area contributed by atoms with Gasteiger partial charge >= 0.3 is 0 Å². The Bertz CT molecular complexity index is 1110. The number of rotatable bonds is 3. The highest BCUT2D eigenvalue weighted by atomic mass is 16.5. The zero-order valence-electron chi connectivity index (χ0n) is 18.6. The SMILES string of the molecule is Cc1cc2c(cc1C)C(O)CC1(CCN(CC(O)c3cn(C)c4ccccc34)CC1)O2. The Morgan fingerprint density at radius 3 is 2.61 bits per heavy atom. The largest absolute Gasteiger partial charge is 0.487 e. The quantitative estimate of drug-likeness (QED) is 0.667. The molecule has 0 saturated carbocycles. The molecule has 1 aromatic heterocycles. The average molecular weight is 421 g/mol. The first-order valence-electron chi connectivity index (χ1n) is 11.3. The van der Waals surface area contributed by atoms with E-state index in [1.165, 1.54) is 11.1 Å². The van der Waals surface area contributed by atoms with E-state index in [9.17, 15) is 10.2 Å². The van der Waals surface area contributed by atoms with Crippen molar-refractivity contribution in [1.29, 1.82) is 0 Å². The number of benzene rings is 2. The van der Waals surface area contributed by atoms with E-state index in [1.807, 2.05) is 25.4 Å². The lowest BCUT2D eigenvalue weighted by molar-refractivity contribution is -0.0588. The Kier molecular flexibility index (Phi) is 5.08. The van der Waals surface area contributed by atoms with Gasteiger partial charge in [0.2, 0.25) is 0 Å². The monoisotopic (exact) mass is 420 g/mol. The normalized spacial score (nSPS) is 21.8. The molecule has 31 heavy (non-hydrogen) atoms. The molecule has 1 saturated heterocycles. The molecule has 2 N–H and O–H groups in total. The molecule has 3 heterocycles. The van der Waals surface area contributed by atoms with Crippen LogP contribution in [0.2, 0.25) is 0 Å². The number of hydrogen-bond donors (Lipinski definition) is 2. The molecule has 5 rings (SSSR count). The van der Waals surface area contributed by atoms with Gasteiger partial charge in [0.15, 0.2) is 0 Å². The third-order valence-electron chi connectivity index (χ3n) is 7.36. The molecule has 2 aliphatic rings. The third-order valence-corrected chi connectivity index (χ3v) is 7.36. The topological polar surface area (TPSA) is 57.9 Å². The molecule has 5 nitrogen and oxygen atoms in total. The van der Waals surface area contributed by atoms with Crippen LogP contribution in [0.4, 0.5) is 0 Å². The van der Waals surface area contributed by atoms with Gasteiger partial charge in [0, 0.05) is 61.3 Å². The van der Waals surface area contributed by atoms with Crippen LogP contribution >= 0.6 is 0 Å². The van der Waals surface area contributed by atoms with Crippen LogP contribution in [-0.2, 0) is 7.05 Å². The number of para-hydroxylation sites is 1. The predicted octanol–water partition coefficient (Wildman–Crippen LogP) is 4.18. The summed E-state index contributed by atoms with van der Waals surface area (Å²) in [6.45, 7) is 6.49. The summed E-state index contributed by atoms with van der Waals surface area (Å²) in [7, 11) is 2.02. The van der Waals surface area contributed by atoms with Gasteiger partial charge in [-0.05, 0) is 56.0 Å². The Morgan fingerprint density at radius 2 is 1.84 bits per heavy atom. The number of aliphatic hydroxyl groups excluding tert-OH is 2. The molecule has 1 spiro atoms. The summed E-state index contributed by atoms with van der Waals surface area (Å²) in [4.78, 5) is 2.32. The number of nitrogens with zero attached hydrogens (tertiary/aromatic N) is 2. The lowest BCUT2D eigenvalue weighted by Crippen LogP contribution is -2.51. The number of aromatic nitrogens is 1. The number of aliphatic hydroxyl groups is 2. The molecule has 3 aromatic rings. The second-order valence-electron chi connectivity index (χ2n) is 9.51. The molecule has 0 bridgehead atoms. The summed E-state index contributed by atoms with van der Waals surface area (Å²) >= 11 is 0. The van der Waals surface area contributed by atoms with Crippen molar-refractivity contribution < 1.29 is 14.9 Å². The molecule has 2 aliphatic heterocycles. The standard InChI is InChI=1S/C26H32N2O3/c1-17-12-20-23(29)14-26(31-25(20)13-18(17)2)8-10-28(11-9-26)16-24(30)21-15-27(3)22-7-5-4-6-19(21)22/h4-7,12-13,15,23-24,29-30H,8-11,14,16H2,1-3H3. The molecule has 0 aliphatic carbocycles. The second kappa shape index (κ2) is 7.66. The van der Waals surface area contributed by atoms with E-state index in [-0.39, 0.29) is 5.60 Å². The van der Waals surface area contributed by atoms with Crippen molar-refractivity contribution in [3.8, 4) is 5.75 Å². The lowest BCUT2D eigenvalue weighted by Gasteiger charge is -2.46. The van der Waals surface area contributed by atoms with Gasteiger partial charge in [-0.25, -0.2) is 0 Å². The van der Waals surface area contributed by atoms with E-state index in [4.69, 9.17) is 4.74 Å². The molecule has 2 aromatic carbocycles. The summed E-state index contributed by atoms with van der Waals surface area (Å²) < 4.78 is 8.59. The number of hydrogen-bond acceptors (Lipinski definition) is 4. The Hall–Kier alpha value is -2.34. The molecular weight excluding hydrogens is 388 g/mol. The van der Waals surface area contributed by atoms with Crippen LogP contribution in [-0.4, -0.2) is 44.9 Å². The first kappa shape index (κ1) is 20.6. The van der Waals surface area contributed by atoms with E-state index in [0.717, 1.165) is 53.7 Å². The van der Waals surface area contributed by atoms with Crippen molar-refractivity contribution in [3.05, 3.63) is 64.8 Å². The first-order chi connectivity index (χ1) is 14.8. The van der Waals surface area contributed by atoms with Gasteiger partial charge in [-0.15, -0.1) is 0 Å². The van der Waals surface area contributed by atoms with Crippen LogP contribution in [0.1, 0.15) is 53.7 Å². The molecule has 1 fully saturated rings. The lowest BCUT2D eigenvalue weighted by atomic mass is 9.81. The van der Waals surface area contributed by atoms with Crippen molar-refractivity contribution in [2.45, 2.75) is 50.9 Å². The Labute approximate surface area is 183 Å². The summed E-state index contributed by atoms with van der Waals surface area (Å²) in [6.07, 6.45) is 3.41. The fourth-order valence-corrected chi connectivity index (χ4v) is 5.33. The van der Waals surface area contributed by atoms with Crippen LogP contribution < -0.4 is 4.74 Å². The fourth-order valence-electron chi connectivity index (χ4n) is 5.33. The molecule has 164 valence electrons. The van der Waals surface area contributed by atoms with Crippen LogP contribution in [0, 0.1) is 13.8 Å². The van der Waals surface area contributed by atoms with Gasteiger partial charge in [0.05, 0.1) is 12.2 Å². The van der Waals surface area contributed by atoms with Crippen molar-refractivity contribution in [2.75, 3.05) is 19.6 Å². The van der Waals surface area contributed by atoms with E-state index in [2.05, 4.69) is 47.6 Å². The van der Waals surface area contributed by atoms with Crippen molar-refractivity contribution in [3.63, 3.8) is 0 Å². The maximum atomic E-state index is 11.0. The van der Waals surface area contributed by atoms with Crippen LogP contribution in [0.15, 0.2) is 42.6 Å². The van der Waals surface area contributed by atoms with Crippen LogP contribution in [0.25, 0.3) is 10.9 Å². The summed E-state index contributed by atoms with van der Waals surface area (Å²) in [5, 5.41) is 22.9. The molecular formula is C26H32N2O3. The highest BCUT2D eigenvalue weighted by molar-refractivity contribution is 5.84. The smallest absolute Gasteiger partial charge is 0.126 e. The predicted molar refractivity (Wildman–Crippen MR) is 122 cm³/mol. The minimum atomic E-state index is -0.524. The second-order valence-corrected chi connectivity index (χ2v) is 9.51. The molecule has 2 atom stereocenters. The zero-order valence-corrected chi connectivity index (χ0v) is 18.6. The van der Waals surface area contributed by atoms with Gasteiger partial charge < -0.3 is 24.4 Å². The van der Waals surface area contributed by atoms with Gasteiger partial charge in [-0.3, -0.25) is 0 Å². The maximum absolute atomic E-state index is 11.0. The van der Waals surface area contributed by atoms with E-state index in [0.29, 0.717) is 13.0 Å². The van der Waals surface area contributed by atoms with Gasteiger partial charge in [0.1, 0.15) is 11.4 Å². The summed E-state index contributed by atoms with van der Waals surface area (Å²) in [5.41, 5.74) is 5.12. The van der Waals surface area contributed by atoms with Crippen LogP contribution in [0.3, 0.4) is 0 Å². The minimum absolute atomic E-state index is 0.311. The average Bonchev–Trinajstić information content (AvgIpc) is 3.09. The van der Waals surface area contributed by atoms with E-state index in [1.54, 1.807) is 0 Å². The molecule has 0 amide bonds. The minimum Gasteiger partial charge on any atom is -0.487 e. The number of aryl methyl sites for hydroxylation is 3. The first-order valence-corrected chi connectivity index (χ1v) is 11.3. The fraction of sp³-hybridized carbons (Fsp3) is 0.462. The number of piperidine rings is 1. The number of likely N-dealkylation sites (tertiary alicyclic amines) is 1. The van der Waals surface area contributed by atoms with E-state index >= 15 is 0 Å². The molecule has 0 radical (unpaired) electrons. The highest BCUT2D eigenvalue weighted by Crippen LogP contribution is 2.45. The van der Waals surface area contributed by atoms with Gasteiger partial charge in [0.25, 0.3) is 0 Å². The summed E-state index contributed by atoms with van der Waals surface area (Å²) in [5.74, 6) is 0.839. The van der Waals surface area contributed by atoms with Gasteiger partial charge in [-0.1, -0.05) is 18.2 Å². The Morgan fingerprint density at radius 1 is 1.13 bits per heavy atom. The number of β-amino-alcohol motifs (C(OH)–C–C–N with tert-alkyl or cyclic N) is 1. The summed E-state index contributed by atoms with van der Waals surface area (Å²) in [6, 6.07) is 12.4.